The van der Waals surface area contributed by atoms with E-state index in [9.17, 15) is 9.90 Å². The summed E-state index contributed by atoms with van der Waals surface area (Å²) in [5.74, 6) is -0.241. The smallest absolute Gasteiger partial charge is 0.261 e. The molecule has 9 heteroatoms. The van der Waals surface area contributed by atoms with Crippen molar-refractivity contribution in [3.8, 4) is 0 Å². The van der Waals surface area contributed by atoms with E-state index in [2.05, 4.69) is 15.2 Å². The Hall–Kier alpha value is -1.38. The molecule has 2 aromatic heterocycles. The van der Waals surface area contributed by atoms with E-state index in [0.29, 0.717) is 20.5 Å². The largest absolute Gasteiger partial charge is 0.386 e. The van der Waals surface area contributed by atoms with E-state index in [1.165, 1.54) is 24.2 Å². The van der Waals surface area contributed by atoms with Crippen LogP contribution in [0.2, 0.25) is 10.0 Å². The Balaban J connectivity index is 1.43. The molecule has 1 saturated heterocycles. The monoisotopic (exact) mass is 441 g/mol. The number of nitrogens with zero attached hydrogens (tertiary/aromatic N) is 2. The number of rotatable bonds is 5. The van der Waals surface area contributed by atoms with Crippen molar-refractivity contribution in [2.75, 3.05) is 24.5 Å². The van der Waals surface area contributed by atoms with Gasteiger partial charge in [-0.3, -0.25) is 4.79 Å². The number of hydrogen-bond donors (Lipinski definition) is 2. The first kappa shape index (κ1) is 19.0. The van der Waals surface area contributed by atoms with Crippen molar-refractivity contribution in [3.05, 3.63) is 44.8 Å². The summed E-state index contributed by atoms with van der Waals surface area (Å²) < 4.78 is 1.02. The Morgan fingerprint density at radius 3 is 2.63 bits per heavy atom. The number of carbonyl (C=O) groups is 1. The van der Waals surface area contributed by atoms with Gasteiger partial charge in [0.2, 0.25) is 0 Å². The summed E-state index contributed by atoms with van der Waals surface area (Å²) in [6, 6.07) is 6.89. The number of carbonyl (C=O) groups excluding carboxylic acids is 1. The van der Waals surface area contributed by atoms with Crippen molar-refractivity contribution in [2.24, 2.45) is 0 Å². The van der Waals surface area contributed by atoms with Crippen LogP contribution in [0.25, 0.3) is 9.53 Å². The molecule has 142 valence electrons. The first-order valence-electron chi connectivity index (χ1n) is 8.58. The predicted molar refractivity (Wildman–Crippen MR) is 113 cm³/mol. The fourth-order valence-corrected chi connectivity index (χ4v) is 5.92. The van der Waals surface area contributed by atoms with Crippen LogP contribution >= 0.6 is 45.9 Å². The van der Waals surface area contributed by atoms with Gasteiger partial charge in [0.15, 0.2) is 5.13 Å². The third-order valence-electron chi connectivity index (χ3n) is 4.47. The Labute approximate surface area is 174 Å². The lowest BCUT2D eigenvalue weighted by Gasteiger charge is -2.15. The molecule has 1 amide bonds. The zero-order chi connectivity index (χ0) is 19.0. The Morgan fingerprint density at radius 2 is 1.96 bits per heavy atom. The van der Waals surface area contributed by atoms with Gasteiger partial charge in [-0.05, 0) is 31.0 Å². The number of nitrogens with one attached hydrogen (secondary N) is 1. The average Bonchev–Trinajstić information content (AvgIpc) is 3.34. The molecule has 3 heterocycles. The average molecular weight is 442 g/mol. The van der Waals surface area contributed by atoms with E-state index >= 15 is 0 Å². The number of halogens is 2. The SMILES string of the molecule is O=C(NCC(O)c1c(Cl)cccc1Cl)c1cc2sc(N3CCCC3)nc2s1. The predicted octanol–water partition coefficient (Wildman–Crippen LogP) is 4.73. The second-order valence-corrected chi connectivity index (χ2v) is 9.19. The molecule has 0 bridgehead atoms. The van der Waals surface area contributed by atoms with E-state index in [1.807, 2.05) is 6.07 Å². The van der Waals surface area contributed by atoms with Crippen LogP contribution in [0.3, 0.4) is 0 Å². The topological polar surface area (TPSA) is 65.5 Å². The summed E-state index contributed by atoms with van der Waals surface area (Å²) in [6.45, 7) is 2.13. The highest BCUT2D eigenvalue weighted by atomic mass is 35.5. The molecule has 4 rings (SSSR count). The zero-order valence-electron chi connectivity index (χ0n) is 14.2. The number of anilines is 1. The number of aromatic nitrogens is 1. The number of thiophene rings is 1. The molecular weight excluding hydrogens is 425 g/mol. The molecule has 1 fully saturated rings. The van der Waals surface area contributed by atoms with Gasteiger partial charge in [-0.1, -0.05) is 40.6 Å². The third-order valence-corrected chi connectivity index (χ3v) is 7.35. The van der Waals surface area contributed by atoms with Crippen molar-refractivity contribution < 1.29 is 9.90 Å². The van der Waals surface area contributed by atoms with Crippen LogP contribution in [0.5, 0.6) is 0 Å². The molecule has 2 N–H and O–H groups in total. The van der Waals surface area contributed by atoms with Crippen molar-refractivity contribution in [1.82, 2.24) is 10.3 Å². The molecule has 0 saturated carbocycles. The van der Waals surface area contributed by atoms with Crippen molar-refractivity contribution in [3.63, 3.8) is 0 Å². The van der Waals surface area contributed by atoms with Crippen molar-refractivity contribution >= 4 is 66.4 Å². The van der Waals surface area contributed by atoms with E-state index in [0.717, 1.165) is 27.8 Å². The number of benzene rings is 1. The molecule has 1 aliphatic heterocycles. The van der Waals surface area contributed by atoms with Gasteiger partial charge in [-0.25, -0.2) is 4.98 Å². The van der Waals surface area contributed by atoms with Gasteiger partial charge in [0.25, 0.3) is 5.91 Å². The quantitative estimate of drug-likeness (QED) is 0.600. The number of aliphatic hydroxyl groups excluding tert-OH is 1. The molecule has 27 heavy (non-hydrogen) atoms. The fraction of sp³-hybridized carbons (Fsp3) is 0.333. The van der Waals surface area contributed by atoms with Crippen LogP contribution < -0.4 is 10.2 Å². The summed E-state index contributed by atoms with van der Waals surface area (Å²) in [6.07, 6.45) is 1.44. The molecule has 0 radical (unpaired) electrons. The summed E-state index contributed by atoms with van der Waals surface area (Å²) in [5.41, 5.74) is 0.421. The van der Waals surface area contributed by atoms with Gasteiger partial charge in [0.1, 0.15) is 4.83 Å². The second-order valence-electron chi connectivity index (χ2n) is 6.33. The van der Waals surface area contributed by atoms with Gasteiger partial charge in [0, 0.05) is 35.2 Å². The van der Waals surface area contributed by atoms with Gasteiger partial charge in [0.05, 0.1) is 15.7 Å². The van der Waals surface area contributed by atoms with Crippen LogP contribution in [0.1, 0.15) is 34.2 Å². The van der Waals surface area contributed by atoms with Gasteiger partial charge >= 0.3 is 0 Å². The summed E-state index contributed by atoms with van der Waals surface area (Å²) in [5, 5.41) is 14.9. The summed E-state index contributed by atoms with van der Waals surface area (Å²) in [7, 11) is 0. The number of fused-ring (bicyclic) bond motifs is 1. The lowest BCUT2D eigenvalue weighted by Crippen LogP contribution is -2.28. The van der Waals surface area contributed by atoms with Crippen LogP contribution in [0.15, 0.2) is 24.3 Å². The molecular formula is C18H17Cl2N3O2S2. The Bertz CT molecular complexity index is 931. The molecule has 1 atom stereocenters. The summed E-state index contributed by atoms with van der Waals surface area (Å²) >= 11 is 15.2. The van der Waals surface area contributed by atoms with E-state index in [-0.39, 0.29) is 12.5 Å². The fourth-order valence-electron chi connectivity index (χ4n) is 3.09. The van der Waals surface area contributed by atoms with E-state index in [1.54, 1.807) is 29.5 Å². The second kappa shape index (κ2) is 7.93. The van der Waals surface area contributed by atoms with Gasteiger partial charge in [-0.2, -0.15) is 0 Å². The highest BCUT2D eigenvalue weighted by Crippen LogP contribution is 2.36. The standard InChI is InChI=1S/C18H17Cl2N3O2S2/c19-10-4-3-5-11(20)15(10)12(24)9-21-16(25)13-8-14-17(26-13)22-18(27-14)23-6-1-2-7-23/h3-5,8,12,24H,1-2,6-7,9H2,(H,21,25). The van der Waals surface area contributed by atoms with Crippen molar-refractivity contribution in [2.45, 2.75) is 18.9 Å². The highest BCUT2D eigenvalue weighted by molar-refractivity contribution is 7.29. The maximum absolute atomic E-state index is 12.4. The molecule has 1 aromatic carbocycles. The molecule has 1 unspecified atom stereocenters. The van der Waals surface area contributed by atoms with Crippen LogP contribution in [0, 0.1) is 0 Å². The van der Waals surface area contributed by atoms with Crippen LogP contribution in [0.4, 0.5) is 5.13 Å². The number of aliphatic hydroxyl groups is 1. The molecule has 1 aliphatic rings. The van der Waals surface area contributed by atoms with E-state index in [4.69, 9.17) is 23.2 Å². The Morgan fingerprint density at radius 1 is 1.26 bits per heavy atom. The van der Waals surface area contributed by atoms with Gasteiger partial charge < -0.3 is 15.3 Å². The van der Waals surface area contributed by atoms with E-state index < -0.39 is 6.10 Å². The number of hydrogen-bond acceptors (Lipinski definition) is 6. The first-order valence-corrected chi connectivity index (χ1v) is 11.0. The maximum Gasteiger partial charge on any atom is 0.261 e. The minimum absolute atomic E-state index is 0.0281. The minimum Gasteiger partial charge on any atom is -0.386 e. The molecule has 3 aromatic rings. The highest BCUT2D eigenvalue weighted by Gasteiger charge is 2.21. The van der Waals surface area contributed by atoms with Crippen LogP contribution in [-0.4, -0.2) is 35.6 Å². The minimum atomic E-state index is -0.976. The third kappa shape index (κ3) is 3.93. The lowest BCUT2D eigenvalue weighted by atomic mass is 10.1. The maximum atomic E-state index is 12.4. The van der Waals surface area contributed by atoms with Gasteiger partial charge in [-0.15, -0.1) is 11.3 Å². The first-order chi connectivity index (χ1) is 13.0. The molecule has 0 spiro atoms. The van der Waals surface area contributed by atoms with Crippen LogP contribution in [-0.2, 0) is 0 Å². The Kier molecular flexibility index (Phi) is 5.57. The molecule has 0 aliphatic carbocycles. The summed E-state index contributed by atoms with van der Waals surface area (Å²) in [4.78, 5) is 20.9. The number of thiazole rings is 1. The van der Waals surface area contributed by atoms with Crippen molar-refractivity contribution in [1.29, 1.82) is 0 Å². The lowest BCUT2D eigenvalue weighted by molar-refractivity contribution is 0.0920. The normalized spacial score (nSPS) is 15.4. The molecule has 5 nitrogen and oxygen atoms in total. The zero-order valence-corrected chi connectivity index (χ0v) is 17.4. The number of amides is 1.